The van der Waals surface area contributed by atoms with Gasteiger partial charge in [0.1, 0.15) is 12.4 Å². The second kappa shape index (κ2) is 6.20. The summed E-state index contributed by atoms with van der Waals surface area (Å²) in [6, 6.07) is 12.9. The van der Waals surface area contributed by atoms with Gasteiger partial charge >= 0.3 is 0 Å². The number of aliphatic hydroxyl groups excluding tert-OH is 1. The third-order valence-corrected chi connectivity index (χ3v) is 2.74. The molecule has 0 fully saturated rings. The van der Waals surface area contributed by atoms with Gasteiger partial charge in [0.15, 0.2) is 0 Å². The Morgan fingerprint density at radius 3 is 2.53 bits per heavy atom. The lowest BCUT2D eigenvalue weighted by molar-refractivity contribution is 0.199. The molecule has 1 aromatic carbocycles. The minimum absolute atomic E-state index is 0.380. The van der Waals surface area contributed by atoms with E-state index in [1.165, 1.54) is 0 Å². The smallest absolute Gasteiger partial charge is 0.213 e. The van der Waals surface area contributed by atoms with Crippen LogP contribution < -0.4 is 9.47 Å². The van der Waals surface area contributed by atoms with Crippen molar-refractivity contribution in [2.45, 2.75) is 19.6 Å². The first-order chi connectivity index (χ1) is 9.19. The Bertz CT molecular complexity index is 523. The topological polar surface area (TPSA) is 51.6 Å². The zero-order valence-electron chi connectivity index (χ0n) is 11.0. The van der Waals surface area contributed by atoms with Crippen LogP contribution in [0.3, 0.4) is 0 Å². The number of hydrogen-bond donors (Lipinski definition) is 1. The molecule has 1 atom stereocenters. The molecule has 0 saturated carbocycles. The summed E-state index contributed by atoms with van der Waals surface area (Å²) in [4.78, 5) is 4.26. The molecule has 1 aromatic heterocycles. The molecule has 0 bridgehead atoms. The van der Waals surface area contributed by atoms with Gasteiger partial charge in [-0.05, 0) is 30.7 Å². The van der Waals surface area contributed by atoms with Gasteiger partial charge in [-0.3, -0.25) is 0 Å². The molecule has 1 N–H and O–H groups in total. The molecule has 0 radical (unpaired) electrons. The molecule has 100 valence electrons. The largest absolute Gasteiger partial charge is 0.487 e. The Morgan fingerprint density at radius 2 is 1.89 bits per heavy atom. The highest BCUT2D eigenvalue weighted by Crippen LogP contribution is 2.18. The summed E-state index contributed by atoms with van der Waals surface area (Å²) in [6.45, 7) is 2.11. The number of rotatable bonds is 5. The van der Waals surface area contributed by atoms with E-state index < -0.39 is 6.10 Å². The van der Waals surface area contributed by atoms with E-state index in [2.05, 4.69) is 4.98 Å². The second-order valence-corrected chi connectivity index (χ2v) is 4.20. The molecule has 1 heterocycles. The van der Waals surface area contributed by atoms with Crippen LogP contribution in [-0.4, -0.2) is 17.2 Å². The van der Waals surface area contributed by atoms with Gasteiger partial charge < -0.3 is 14.6 Å². The molecule has 0 saturated heterocycles. The van der Waals surface area contributed by atoms with Gasteiger partial charge in [0.2, 0.25) is 5.88 Å². The number of ether oxygens (including phenoxy) is 2. The summed E-state index contributed by atoms with van der Waals surface area (Å²) in [5.74, 6) is 1.32. The van der Waals surface area contributed by atoms with Crippen LogP contribution >= 0.6 is 0 Å². The molecule has 0 spiro atoms. The van der Waals surface area contributed by atoms with Crippen LogP contribution in [0.25, 0.3) is 0 Å². The molecule has 4 nitrogen and oxygen atoms in total. The van der Waals surface area contributed by atoms with Crippen LogP contribution in [0.5, 0.6) is 11.6 Å². The Hall–Kier alpha value is -2.07. The number of pyridine rings is 1. The Balaban J connectivity index is 1.98. The van der Waals surface area contributed by atoms with Gasteiger partial charge in [-0.1, -0.05) is 18.2 Å². The van der Waals surface area contributed by atoms with Gasteiger partial charge in [-0.25, -0.2) is 4.98 Å². The van der Waals surface area contributed by atoms with E-state index >= 15 is 0 Å². The molecule has 0 aliphatic rings. The molecule has 2 rings (SSSR count). The zero-order chi connectivity index (χ0) is 13.7. The van der Waals surface area contributed by atoms with Crippen LogP contribution in [0, 0.1) is 0 Å². The van der Waals surface area contributed by atoms with E-state index in [-0.39, 0.29) is 0 Å². The monoisotopic (exact) mass is 259 g/mol. The van der Waals surface area contributed by atoms with Crippen molar-refractivity contribution in [3.63, 3.8) is 0 Å². The van der Waals surface area contributed by atoms with Gasteiger partial charge in [0.25, 0.3) is 0 Å². The average molecular weight is 259 g/mol. The van der Waals surface area contributed by atoms with E-state index in [9.17, 15) is 5.11 Å². The summed E-state index contributed by atoms with van der Waals surface area (Å²) in [6.07, 6.45) is -0.464. The number of benzene rings is 1. The third kappa shape index (κ3) is 3.69. The summed E-state index contributed by atoms with van der Waals surface area (Å²) in [5.41, 5.74) is 1.67. The number of nitrogens with zero attached hydrogens (tertiary/aromatic N) is 1. The average Bonchev–Trinajstić information content (AvgIpc) is 2.46. The Morgan fingerprint density at radius 1 is 1.16 bits per heavy atom. The Kier molecular flexibility index (Phi) is 4.36. The summed E-state index contributed by atoms with van der Waals surface area (Å²) < 4.78 is 10.7. The molecule has 0 unspecified atom stereocenters. The fourth-order valence-corrected chi connectivity index (χ4v) is 1.65. The third-order valence-electron chi connectivity index (χ3n) is 2.74. The van der Waals surface area contributed by atoms with E-state index in [4.69, 9.17) is 9.47 Å². The standard InChI is InChI=1S/C15H17NO3/c1-11(17)12-6-8-14(9-7-12)19-10-13-4-3-5-15(16-13)18-2/h3-9,11,17H,10H2,1-2H3/t11-/m0/s1. The number of aliphatic hydroxyl groups is 1. The summed E-state index contributed by atoms with van der Waals surface area (Å²) >= 11 is 0. The lowest BCUT2D eigenvalue weighted by Crippen LogP contribution is -1.99. The molecule has 0 amide bonds. The zero-order valence-corrected chi connectivity index (χ0v) is 11.0. The van der Waals surface area contributed by atoms with Crippen LogP contribution in [0.1, 0.15) is 24.3 Å². The highest BCUT2D eigenvalue weighted by Gasteiger charge is 2.02. The maximum absolute atomic E-state index is 9.42. The van der Waals surface area contributed by atoms with Crippen LogP contribution in [0.15, 0.2) is 42.5 Å². The second-order valence-electron chi connectivity index (χ2n) is 4.20. The molecule has 0 aliphatic heterocycles. The SMILES string of the molecule is COc1cccc(COc2ccc([C@H](C)O)cc2)n1. The lowest BCUT2D eigenvalue weighted by atomic mass is 10.1. The fraction of sp³-hybridized carbons (Fsp3) is 0.267. The van der Waals surface area contributed by atoms with Crippen molar-refractivity contribution < 1.29 is 14.6 Å². The van der Waals surface area contributed by atoms with Crippen molar-refractivity contribution in [2.75, 3.05) is 7.11 Å². The maximum Gasteiger partial charge on any atom is 0.213 e. The maximum atomic E-state index is 9.42. The minimum atomic E-state index is -0.464. The van der Waals surface area contributed by atoms with Crippen molar-refractivity contribution >= 4 is 0 Å². The van der Waals surface area contributed by atoms with E-state index in [1.54, 1.807) is 20.1 Å². The Labute approximate surface area is 112 Å². The predicted molar refractivity (Wildman–Crippen MR) is 72.2 cm³/mol. The van der Waals surface area contributed by atoms with Crippen LogP contribution in [0.4, 0.5) is 0 Å². The molecule has 0 aliphatic carbocycles. The van der Waals surface area contributed by atoms with Crippen molar-refractivity contribution in [2.24, 2.45) is 0 Å². The highest BCUT2D eigenvalue weighted by atomic mass is 16.5. The first kappa shape index (κ1) is 13.4. The van der Waals surface area contributed by atoms with E-state index in [0.29, 0.717) is 12.5 Å². The minimum Gasteiger partial charge on any atom is -0.487 e. The summed E-state index contributed by atoms with van der Waals surface area (Å²) in [5, 5.41) is 9.42. The summed E-state index contributed by atoms with van der Waals surface area (Å²) in [7, 11) is 1.59. The lowest BCUT2D eigenvalue weighted by Gasteiger charge is -2.08. The van der Waals surface area contributed by atoms with Crippen LogP contribution in [-0.2, 0) is 6.61 Å². The van der Waals surface area contributed by atoms with Crippen molar-refractivity contribution in [1.29, 1.82) is 0 Å². The van der Waals surface area contributed by atoms with E-state index in [0.717, 1.165) is 17.0 Å². The molecule has 2 aromatic rings. The van der Waals surface area contributed by atoms with Crippen molar-refractivity contribution in [1.82, 2.24) is 4.98 Å². The van der Waals surface area contributed by atoms with Crippen molar-refractivity contribution in [3.05, 3.63) is 53.7 Å². The van der Waals surface area contributed by atoms with Gasteiger partial charge in [-0.2, -0.15) is 0 Å². The molecule has 19 heavy (non-hydrogen) atoms. The number of methoxy groups -OCH3 is 1. The normalized spacial score (nSPS) is 11.9. The first-order valence-corrected chi connectivity index (χ1v) is 6.10. The molecule has 4 heteroatoms. The molecular weight excluding hydrogens is 242 g/mol. The van der Waals surface area contributed by atoms with Crippen molar-refractivity contribution in [3.8, 4) is 11.6 Å². The highest BCUT2D eigenvalue weighted by molar-refractivity contribution is 5.28. The molecular formula is C15H17NO3. The van der Waals surface area contributed by atoms with Crippen LogP contribution in [0.2, 0.25) is 0 Å². The number of hydrogen-bond acceptors (Lipinski definition) is 4. The van der Waals surface area contributed by atoms with Gasteiger partial charge in [0, 0.05) is 6.07 Å². The fourth-order valence-electron chi connectivity index (χ4n) is 1.65. The predicted octanol–water partition coefficient (Wildman–Crippen LogP) is 2.72. The first-order valence-electron chi connectivity index (χ1n) is 6.10. The van der Waals surface area contributed by atoms with Gasteiger partial charge in [0.05, 0.1) is 18.9 Å². The number of aromatic nitrogens is 1. The quantitative estimate of drug-likeness (QED) is 0.897. The van der Waals surface area contributed by atoms with Gasteiger partial charge in [-0.15, -0.1) is 0 Å². The van der Waals surface area contributed by atoms with E-state index in [1.807, 2.05) is 36.4 Å².